The van der Waals surface area contributed by atoms with Crippen LogP contribution in [0.3, 0.4) is 0 Å². The van der Waals surface area contributed by atoms with Crippen molar-refractivity contribution < 1.29 is 14.6 Å². The molecule has 1 aliphatic heterocycles. The summed E-state index contributed by atoms with van der Waals surface area (Å²) >= 11 is 5.80. The maximum absolute atomic E-state index is 12.1. The molecule has 0 aromatic heterocycles. The maximum Gasteiger partial charge on any atom is 0.265 e. The molecule has 1 unspecified atom stereocenters. The van der Waals surface area contributed by atoms with E-state index in [9.17, 15) is 9.90 Å². The lowest BCUT2D eigenvalue weighted by molar-refractivity contribution is -0.122. The van der Waals surface area contributed by atoms with Gasteiger partial charge in [-0.05, 0) is 29.8 Å². The molecule has 0 aliphatic carbocycles. The molecule has 2 aromatic rings. The number of aromatic hydroxyl groups is 1. The summed E-state index contributed by atoms with van der Waals surface area (Å²) in [5.74, 6) is 0.494. The lowest BCUT2D eigenvalue weighted by Crippen LogP contribution is -2.31. The molecular formula is C15H12ClNO3. The number of para-hydroxylation sites is 1. The van der Waals surface area contributed by atoms with Crippen molar-refractivity contribution >= 4 is 23.2 Å². The minimum Gasteiger partial charge on any atom is -0.506 e. The Labute approximate surface area is 120 Å². The molecule has 1 atom stereocenters. The Morgan fingerprint density at radius 1 is 1.30 bits per heavy atom. The largest absolute Gasteiger partial charge is 0.506 e. The van der Waals surface area contributed by atoms with Crippen molar-refractivity contribution in [3.8, 4) is 11.5 Å². The molecule has 0 radical (unpaired) electrons. The highest BCUT2D eigenvalue weighted by Crippen LogP contribution is 2.30. The molecule has 0 spiro atoms. The van der Waals surface area contributed by atoms with Gasteiger partial charge in [-0.1, -0.05) is 29.8 Å². The van der Waals surface area contributed by atoms with Crippen LogP contribution in [0, 0.1) is 0 Å². The van der Waals surface area contributed by atoms with Crippen LogP contribution in [0.25, 0.3) is 0 Å². The summed E-state index contributed by atoms with van der Waals surface area (Å²) in [4.78, 5) is 12.1. The van der Waals surface area contributed by atoms with E-state index in [-0.39, 0.29) is 16.7 Å². The molecule has 0 fully saturated rings. The average molecular weight is 290 g/mol. The molecule has 4 nitrogen and oxygen atoms in total. The van der Waals surface area contributed by atoms with Gasteiger partial charge in [0.15, 0.2) is 6.10 Å². The van der Waals surface area contributed by atoms with E-state index in [2.05, 4.69) is 5.32 Å². The molecule has 5 heteroatoms. The number of hydrogen-bond donors (Lipinski definition) is 2. The highest BCUT2D eigenvalue weighted by molar-refractivity contribution is 6.32. The van der Waals surface area contributed by atoms with Crippen molar-refractivity contribution in [2.24, 2.45) is 0 Å². The Hall–Kier alpha value is -2.20. The summed E-state index contributed by atoms with van der Waals surface area (Å²) in [6.45, 7) is 0. The second kappa shape index (κ2) is 5.06. The van der Waals surface area contributed by atoms with Crippen LogP contribution in [0.1, 0.15) is 5.56 Å². The predicted molar refractivity (Wildman–Crippen MR) is 76.3 cm³/mol. The zero-order valence-electron chi connectivity index (χ0n) is 10.5. The van der Waals surface area contributed by atoms with Gasteiger partial charge in [0.2, 0.25) is 0 Å². The van der Waals surface area contributed by atoms with Gasteiger partial charge in [-0.3, -0.25) is 4.79 Å². The Balaban J connectivity index is 1.71. The Morgan fingerprint density at radius 3 is 2.85 bits per heavy atom. The van der Waals surface area contributed by atoms with Gasteiger partial charge in [-0.25, -0.2) is 0 Å². The number of halogens is 1. The Kier molecular flexibility index (Phi) is 3.24. The number of hydrogen-bond acceptors (Lipinski definition) is 3. The monoisotopic (exact) mass is 289 g/mol. The molecule has 1 amide bonds. The third kappa shape index (κ3) is 2.42. The van der Waals surface area contributed by atoms with Crippen molar-refractivity contribution in [3.63, 3.8) is 0 Å². The Bertz CT molecular complexity index is 647. The van der Waals surface area contributed by atoms with Gasteiger partial charge in [0.25, 0.3) is 5.91 Å². The van der Waals surface area contributed by atoms with Crippen molar-refractivity contribution in [2.75, 3.05) is 5.32 Å². The molecule has 20 heavy (non-hydrogen) atoms. The third-order valence-electron chi connectivity index (χ3n) is 3.15. The minimum atomic E-state index is -0.542. The first kappa shape index (κ1) is 12.8. The molecule has 2 aromatic carbocycles. The molecule has 0 saturated heterocycles. The number of phenolic OH excluding ortho intramolecular Hbond substituents is 1. The highest BCUT2D eigenvalue weighted by Gasteiger charge is 2.28. The van der Waals surface area contributed by atoms with Crippen molar-refractivity contribution in [1.29, 1.82) is 0 Å². The lowest BCUT2D eigenvalue weighted by atomic mass is 10.1. The number of carbonyl (C=O) groups is 1. The van der Waals surface area contributed by atoms with E-state index in [4.69, 9.17) is 16.3 Å². The average Bonchev–Trinajstić information content (AvgIpc) is 2.87. The molecule has 0 bridgehead atoms. The number of rotatable bonds is 2. The van der Waals surface area contributed by atoms with E-state index in [0.29, 0.717) is 12.1 Å². The lowest BCUT2D eigenvalue weighted by Gasteiger charge is -2.11. The van der Waals surface area contributed by atoms with Crippen LogP contribution in [0.15, 0.2) is 42.5 Å². The summed E-state index contributed by atoms with van der Waals surface area (Å²) in [6, 6.07) is 12.1. The van der Waals surface area contributed by atoms with E-state index in [0.717, 1.165) is 11.3 Å². The van der Waals surface area contributed by atoms with Crippen LogP contribution in [0.5, 0.6) is 11.5 Å². The number of ether oxygens (including phenoxy) is 1. The van der Waals surface area contributed by atoms with Gasteiger partial charge in [0.1, 0.15) is 11.5 Å². The van der Waals surface area contributed by atoms with Crippen molar-refractivity contribution in [2.45, 2.75) is 12.5 Å². The van der Waals surface area contributed by atoms with Crippen molar-refractivity contribution in [1.82, 2.24) is 0 Å². The zero-order chi connectivity index (χ0) is 14.1. The van der Waals surface area contributed by atoms with Gasteiger partial charge >= 0.3 is 0 Å². The van der Waals surface area contributed by atoms with Crippen LogP contribution >= 0.6 is 11.6 Å². The number of phenols is 1. The number of carbonyl (C=O) groups excluding carboxylic acids is 1. The number of nitrogens with one attached hydrogen (secondary N) is 1. The van der Waals surface area contributed by atoms with Crippen molar-refractivity contribution in [3.05, 3.63) is 53.1 Å². The fourth-order valence-electron chi connectivity index (χ4n) is 2.14. The van der Waals surface area contributed by atoms with Gasteiger partial charge in [0, 0.05) is 12.1 Å². The molecule has 1 heterocycles. The van der Waals surface area contributed by atoms with Crippen LogP contribution in [0.2, 0.25) is 5.02 Å². The second-order valence-corrected chi connectivity index (χ2v) is 4.98. The first-order valence-corrected chi connectivity index (χ1v) is 6.55. The quantitative estimate of drug-likeness (QED) is 0.836. The Morgan fingerprint density at radius 2 is 2.10 bits per heavy atom. The summed E-state index contributed by atoms with van der Waals surface area (Å²) in [6.07, 6.45) is 0.00774. The minimum absolute atomic E-state index is 0.0193. The van der Waals surface area contributed by atoms with E-state index in [1.54, 1.807) is 6.07 Å². The van der Waals surface area contributed by atoms with Crippen LogP contribution in [-0.4, -0.2) is 17.1 Å². The molecule has 2 N–H and O–H groups in total. The third-order valence-corrected chi connectivity index (χ3v) is 3.46. The molecule has 102 valence electrons. The second-order valence-electron chi connectivity index (χ2n) is 4.57. The van der Waals surface area contributed by atoms with Gasteiger partial charge in [0.05, 0.1) is 5.02 Å². The topological polar surface area (TPSA) is 58.6 Å². The number of amides is 1. The van der Waals surface area contributed by atoms with Crippen LogP contribution in [0.4, 0.5) is 5.69 Å². The maximum atomic E-state index is 12.1. The zero-order valence-corrected chi connectivity index (χ0v) is 11.2. The smallest absolute Gasteiger partial charge is 0.265 e. The van der Waals surface area contributed by atoms with Gasteiger partial charge in [-0.15, -0.1) is 0 Å². The molecule has 1 aliphatic rings. The standard InChI is InChI=1S/C15H12ClNO3/c16-11-8-10(5-6-12(11)18)17-15(19)14-7-9-3-1-2-4-13(9)20-14/h1-6,8,14,18H,7H2,(H,17,19). The molecule has 3 rings (SSSR count). The van der Waals surface area contributed by atoms with E-state index < -0.39 is 6.10 Å². The van der Waals surface area contributed by atoms with Gasteiger partial charge < -0.3 is 15.2 Å². The number of benzene rings is 2. The first-order chi connectivity index (χ1) is 9.63. The normalized spacial score (nSPS) is 16.4. The van der Waals surface area contributed by atoms with E-state index in [1.165, 1.54) is 12.1 Å². The predicted octanol–water partition coefficient (Wildman–Crippen LogP) is 2.99. The SMILES string of the molecule is O=C(Nc1ccc(O)c(Cl)c1)C1Cc2ccccc2O1. The summed E-state index contributed by atoms with van der Waals surface area (Å²) in [5.41, 5.74) is 1.55. The summed E-state index contributed by atoms with van der Waals surface area (Å²) in [5, 5.41) is 12.3. The number of fused-ring (bicyclic) bond motifs is 1. The van der Waals surface area contributed by atoms with E-state index >= 15 is 0 Å². The summed E-state index contributed by atoms with van der Waals surface area (Å²) in [7, 11) is 0. The summed E-state index contributed by atoms with van der Waals surface area (Å²) < 4.78 is 5.60. The highest BCUT2D eigenvalue weighted by atomic mass is 35.5. The number of anilines is 1. The van der Waals surface area contributed by atoms with Crippen LogP contribution in [-0.2, 0) is 11.2 Å². The first-order valence-electron chi connectivity index (χ1n) is 6.17. The molecular weight excluding hydrogens is 278 g/mol. The van der Waals surface area contributed by atoms with Crippen LogP contribution < -0.4 is 10.1 Å². The van der Waals surface area contributed by atoms with E-state index in [1.807, 2.05) is 24.3 Å². The fourth-order valence-corrected chi connectivity index (χ4v) is 2.32. The fraction of sp³-hybridized carbons (Fsp3) is 0.133. The molecule has 0 saturated carbocycles. The van der Waals surface area contributed by atoms with Gasteiger partial charge in [-0.2, -0.15) is 0 Å².